The highest BCUT2D eigenvalue weighted by Crippen LogP contribution is 2.38. The predicted octanol–water partition coefficient (Wildman–Crippen LogP) is 2.53. The number of amides is 5. The Morgan fingerprint density at radius 1 is 0.930 bits per heavy atom. The van der Waals surface area contributed by atoms with E-state index in [0.717, 1.165) is 80.3 Å². The number of fused-ring (bicyclic) bond motifs is 1. The fraction of sp³-hybridized carbons (Fsp3) is 0.562. The summed E-state index contributed by atoms with van der Waals surface area (Å²) in [7, 11) is 1.94. The smallest absolute Gasteiger partial charge is 0.264 e. The Bertz CT molecular complexity index is 1480. The van der Waals surface area contributed by atoms with E-state index in [2.05, 4.69) is 22.2 Å². The molecule has 4 aliphatic heterocycles. The summed E-state index contributed by atoms with van der Waals surface area (Å²) in [6, 6.07) is 4.36. The summed E-state index contributed by atoms with van der Waals surface area (Å²) in [6.45, 7) is 7.22. The maximum atomic E-state index is 13.5. The van der Waals surface area contributed by atoms with Gasteiger partial charge in [0.25, 0.3) is 11.8 Å². The molecule has 4 aliphatic rings. The third-order valence-corrected chi connectivity index (χ3v) is 10.1. The summed E-state index contributed by atoms with van der Waals surface area (Å²) >= 11 is 0. The number of carbonyl (C=O) groups is 5. The molecule has 0 bridgehead atoms. The maximum absolute atomic E-state index is 13.5. The number of imide groups is 2. The molecule has 1 atom stereocenters. The summed E-state index contributed by atoms with van der Waals surface area (Å²) < 4.78 is 1.88. The Morgan fingerprint density at radius 2 is 1.60 bits per heavy atom. The molecule has 0 spiro atoms. The van der Waals surface area contributed by atoms with Crippen molar-refractivity contribution >= 4 is 35.2 Å². The van der Waals surface area contributed by atoms with Gasteiger partial charge in [-0.1, -0.05) is 6.07 Å². The minimum atomic E-state index is -0.968. The first-order valence-electron chi connectivity index (χ1n) is 15.5. The average molecular weight is 589 g/mol. The van der Waals surface area contributed by atoms with Crippen molar-refractivity contribution in [2.45, 2.75) is 71.3 Å². The van der Waals surface area contributed by atoms with Gasteiger partial charge in [0.05, 0.1) is 22.5 Å². The monoisotopic (exact) mass is 588 g/mol. The molecule has 11 nitrogen and oxygen atoms in total. The van der Waals surface area contributed by atoms with Gasteiger partial charge < -0.3 is 9.80 Å². The predicted molar refractivity (Wildman–Crippen MR) is 158 cm³/mol. The lowest BCUT2D eigenvalue weighted by Crippen LogP contribution is -2.54. The van der Waals surface area contributed by atoms with Crippen molar-refractivity contribution in [3.05, 3.63) is 46.3 Å². The molecule has 3 fully saturated rings. The van der Waals surface area contributed by atoms with Crippen LogP contribution in [0.4, 0.5) is 5.69 Å². The molecule has 6 rings (SSSR count). The lowest BCUT2D eigenvalue weighted by Gasteiger charge is -2.41. The van der Waals surface area contributed by atoms with Crippen LogP contribution in [-0.2, 0) is 27.9 Å². The molecule has 43 heavy (non-hydrogen) atoms. The van der Waals surface area contributed by atoms with E-state index in [0.29, 0.717) is 29.4 Å². The lowest BCUT2D eigenvalue weighted by molar-refractivity contribution is -0.136. The first-order valence-corrected chi connectivity index (χ1v) is 15.5. The molecule has 1 N–H and O–H groups in total. The topological polar surface area (TPSA) is 125 Å². The minimum absolute atomic E-state index is 0.0993. The highest BCUT2D eigenvalue weighted by atomic mass is 16.2. The van der Waals surface area contributed by atoms with E-state index in [-0.39, 0.29) is 24.7 Å². The van der Waals surface area contributed by atoms with Gasteiger partial charge in [0, 0.05) is 51.8 Å². The van der Waals surface area contributed by atoms with E-state index in [1.807, 2.05) is 29.6 Å². The van der Waals surface area contributed by atoms with Gasteiger partial charge in [-0.25, -0.2) is 0 Å². The van der Waals surface area contributed by atoms with Crippen LogP contribution in [-0.4, -0.2) is 81.3 Å². The summed E-state index contributed by atoms with van der Waals surface area (Å²) in [5.41, 5.74) is 4.72. The standard InChI is InChI=1S/C32H40N6O5/c1-19-23(20(2)35(3)34-19)7-10-28(40)37-17-13-22(14-18-37)21-11-15-36(16-12-21)25-6-4-5-24-29(25)32(43)38(31(24)42)26-8-9-27(39)33-30(26)41/h4-6,21-22,26H,7-18H2,1-3H3,(H,33,39,41). The molecule has 0 saturated carbocycles. The van der Waals surface area contributed by atoms with E-state index in [1.165, 1.54) is 5.56 Å². The maximum Gasteiger partial charge on any atom is 0.264 e. The quantitative estimate of drug-likeness (QED) is 0.514. The van der Waals surface area contributed by atoms with Crippen molar-refractivity contribution in [2.24, 2.45) is 18.9 Å². The van der Waals surface area contributed by atoms with Gasteiger partial charge in [-0.05, 0) is 81.9 Å². The zero-order valence-corrected chi connectivity index (χ0v) is 25.2. The van der Waals surface area contributed by atoms with E-state index in [4.69, 9.17) is 0 Å². The van der Waals surface area contributed by atoms with Crippen LogP contribution in [0.15, 0.2) is 18.2 Å². The zero-order chi connectivity index (χ0) is 30.4. The van der Waals surface area contributed by atoms with Crippen LogP contribution in [0.1, 0.15) is 82.6 Å². The summed E-state index contributed by atoms with van der Waals surface area (Å²) in [5.74, 6) is -0.565. The summed E-state index contributed by atoms with van der Waals surface area (Å²) in [4.78, 5) is 69.1. The van der Waals surface area contributed by atoms with Crippen LogP contribution in [0.25, 0.3) is 0 Å². The van der Waals surface area contributed by atoms with E-state index >= 15 is 0 Å². The number of rotatable bonds is 6. The van der Waals surface area contributed by atoms with Gasteiger partial charge in [-0.3, -0.25) is 38.9 Å². The van der Waals surface area contributed by atoms with E-state index in [1.54, 1.807) is 12.1 Å². The largest absolute Gasteiger partial charge is 0.371 e. The first kappa shape index (κ1) is 29.1. The number of nitrogens with zero attached hydrogens (tertiary/aromatic N) is 5. The lowest BCUT2D eigenvalue weighted by atomic mass is 9.78. The van der Waals surface area contributed by atoms with Crippen molar-refractivity contribution < 1.29 is 24.0 Å². The van der Waals surface area contributed by atoms with Crippen LogP contribution in [0.2, 0.25) is 0 Å². The van der Waals surface area contributed by atoms with Crippen molar-refractivity contribution in [2.75, 3.05) is 31.1 Å². The van der Waals surface area contributed by atoms with Crippen LogP contribution < -0.4 is 10.2 Å². The Labute approximate surface area is 251 Å². The number of carbonyl (C=O) groups excluding carboxylic acids is 5. The number of anilines is 1. The number of likely N-dealkylation sites (tertiary alicyclic amines) is 1. The molecule has 1 aromatic carbocycles. The highest BCUT2D eigenvalue weighted by Gasteiger charge is 2.46. The molecule has 5 amide bonds. The molecule has 1 aromatic heterocycles. The first-order chi connectivity index (χ1) is 20.6. The second-order valence-electron chi connectivity index (χ2n) is 12.5. The summed E-state index contributed by atoms with van der Waals surface area (Å²) in [5, 5.41) is 6.72. The van der Waals surface area contributed by atoms with Gasteiger partial charge in [0.2, 0.25) is 17.7 Å². The molecule has 0 aliphatic carbocycles. The fourth-order valence-electron chi connectivity index (χ4n) is 7.56. The van der Waals surface area contributed by atoms with Gasteiger partial charge in [-0.2, -0.15) is 5.10 Å². The van der Waals surface area contributed by atoms with Crippen LogP contribution in [0.3, 0.4) is 0 Å². The van der Waals surface area contributed by atoms with Crippen molar-refractivity contribution in [3.63, 3.8) is 0 Å². The normalized spacial score (nSPS) is 21.9. The number of aromatic nitrogens is 2. The van der Waals surface area contributed by atoms with E-state index in [9.17, 15) is 24.0 Å². The Kier molecular flexibility index (Phi) is 7.83. The highest BCUT2D eigenvalue weighted by molar-refractivity contribution is 6.25. The third kappa shape index (κ3) is 5.34. The number of aryl methyl sites for hydroxylation is 2. The number of nitrogens with one attached hydrogen (secondary N) is 1. The second-order valence-corrected chi connectivity index (χ2v) is 12.5. The van der Waals surface area contributed by atoms with Crippen molar-refractivity contribution in [1.82, 2.24) is 24.9 Å². The Balaban J connectivity index is 1.03. The van der Waals surface area contributed by atoms with Crippen molar-refractivity contribution in [1.29, 1.82) is 0 Å². The number of hydrogen-bond acceptors (Lipinski definition) is 7. The van der Waals surface area contributed by atoms with Crippen LogP contribution >= 0.6 is 0 Å². The number of benzene rings is 1. The van der Waals surface area contributed by atoms with Crippen LogP contribution in [0.5, 0.6) is 0 Å². The Morgan fingerprint density at radius 3 is 2.23 bits per heavy atom. The molecule has 1 unspecified atom stereocenters. The van der Waals surface area contributed by atoms with Gasteiger partial charge >= 0.3 is 0 Å². The van der Waals surface area contributed by atoms with Gasteiger partial charge in [-0.15, -0.1) is 0 Å². The molecular weight excluding hydrogens is 548 g/mol. The Hall–Kier alpha value is -4.02. The third-order valence-electron chi connectivity index (χ3n) is 10.1. The van der Waals surface area contributed by atoms with Crippen LogP contribution in [0, 0.1) is 25.7 Å². The average Bonchev–Trinajstić information content (AvgIpc) is 3.41. The number of piperidine rings is 3. The van der Waals surface area contributed by atoms with Gasteiger partial charge in [0.15, 0.2) is 0 Å². The number of hydrogen-bond donors (Lipinski definition) is 1. The zero-order valence-electron chi connectivity index (χ0n) is 25.2. The van der Waals surface area contributed by atoms with E-state index < -0.39 is 23.8 Å². The molecule has 11 heteroatoms. The second kappa shape index (κ2) is 11.6. The minimum Gasteiger partial charge on any atom is -0.371 e. The molecule has 2 aromatic rings. The molecule has 228 valence electrons. The van der Waals surface area contributed by atoms with Crippen molar-refractivity contribution in [3.8, 4) is 0 Å². The molecule has 0 radical (unpaired) electrons. The molecular formula is C32H40N6O5. The summed E-state index contributed by atoms with van der Waals surface area (Å²) in [6.07, 6.45) is 5.48. The fourth-order valence-corrected chi connectivity index (χ4v) is 7.56. The molecule has 3 saturated heterocycles. The molecule has 5 heterocycles. The van der Waals surface area contributed by atoms with Gasteiger partial charge in [0.1, 0.15) is 6.04 Å². The SMILES string of the molecule is Cc1nn(C)c(C)c1CCC(=O)N1CCC(C2CCN(c3cccc4c3C(=O)N(C3CCC(=O)NC3=O)C4=O)CC2)CC1.